The molecule has 214 valence electrons. The van der Waals surface area contributed by atoms with Crippen LogP contribution in [0.15, 0.2) is 27.5 Å². The zero-order valence-electron chi connectivity index (χ0n) is 22.1. The molecule has 1 aromatic carbocycles. The topological polar surface area (TPSA) is 111 Å². The molecular weight excluding hydrogens is 621 g/mol. The molecule has 1 N–H and O–H groups in total. The molecule has 10 nitrogen and oxygen atoms in total. The van der Waals surface area contributed by atoms with Gasteiger partial charge in [-0.25, -0.2) is 14.3 Å². The minimum Gasteiger partial charge on any atom is -0.464 e. The first kappa shape index (κ1) is 29.6. The van der Waals surface area contributed by atoms with E-state index in [1.807, 2.05) is 13.8 Å². The van der Waals surface area contributed by atoms with Crippen LogP contribution in [-0.4, -0.2) is 55.3 Å². The van der Waals surface area contributed by atoms with Crippen molar-refractivity contribution in [3.05, 3.63) is 66.1 Å². The number of anilines is 1. The van der Waals surface area contributed by atoms with Gasteiger partial charge in [-0.05, 0) is 45.4 Å². The summed E-state index contributed by atoms with van der Waals surface area (Å²) >= 11 is 9.37. The molecule has 4 rings (SSSR count). The van der Waals surface area contributed by atoms with Gasteiger partial charge in [0.2, 0.25) is 5.95 Å². The van der Waals surface area contributed by atoms with Gasteiger partial charge in [0.05, 0.1) is 24.9 Å². The number of hydrogen-bond acceptors (Lipinski definition) is 7. The monoisotopic (exact) mass is 644 g/mol. The van der Waals surface area contributed by atoms with E-state index in [0.29, 0.717) is 5.56 Å². The summed E-state index contributed by atoms with van der Waals surface area (Å²) in [6.45, 7) is 5.22. The Morgan fingerprint density at radius 2 is 1.95 bits per heavy atom. The number of hydrogen-bond donors (Lipinski definition) is 1. The molecule has 0 saturated heterocycles. The van der Waals surface area contributed by atoms with Gasteiger partial charge in [0.15, 0.2) is 11.5 Å². The quantitative estimate of drug-likeness (QED) is 0.404. The number of fused-ring (bicyclic) bond motifs is 1. The first-order chi connectivity index (χ1) is 18.6. The van der Waals surface area contributed by atoms with Crippen LogP contribution in [0, 0.1) is 0 Å². The normalized spacial score (nSPS) is 15.3. The summed E-state index contributed by atoms with van der Waals surface area (Å²) in [6, 6.07) is 2.55. The van der Waals surface area contributed by atoms with Gasteiger partial charge >= 0.3 is 12.1 Å². The van der Waals surface area contributed by atoms with Crippen LogP contribution in [-0.2, 0) is 30.9 Å². The van der Waals surface area contributed by atoms with Crippen molar-refractivity contribution in [2.45, 2.75) is 52.0 Å². The molecule has 3 aromatic rings. The fraction of sp³-hybridized carbons (Fsp3) is 0.400. The highest BCUT2D eigenvalue weighted by atomic mass is 79.9. The largest absolute Gasteiger partial charge is 0.464 e. The van der Waals surface area contributed by atoms with E-state index in [2.05, 4.69) is 31.3 Å². The number of carbonyl (C=O) groups is 2. The number of carbonyl (C=O) groups excluding carboxylic acids is 2. The minimum absolute atomic E-state index is 0.0336. The Morgan fingerprint density at radius 3 is 2.55 bits per heavy atom. The van der Waals surface area contributed by atoms with Gasteiger partial charge in [-0.2, -0.15) is 18.3 Å². The molecule has 3 heterocycles. The highest BCUT2D eigenvalue weighted by Crippen LogP contribution is 2.36. The number of aryl methyl sites for hydroxylation is 1. The number of nitrogens with one attached hydrogen (secondary N) is 1. The highest BCUT2D eigenvalue weighted by Gasteiger charge is 2.36. The maximum absolute atomic E-state index is 13.8. The van der Waals surface area contributed by atoms with Crippen LogP contribution in [0.4, 0.5) is 19.1 Å². The number of alkyl halides is 3. The van der Waals surface area contributed by atoms with Crippen molar-refractivity contribution < 1.29 is 27.5 Å². The van der Waals surface area contributed by atoms with Gasteiger partial charge in [-0.15, -0.1) is 0 Å². The minimum atomic E-state index is -4.65. The molecule has 0 saturated carbocycles. The molecule has 15 heteroatoms. The average Bonchev–Trinajstić information content (AvgIpc) is 3.16. The van der Waals surface area contributed by atoms with Crippen molar-refractivity contribution in [2.24, 2.45) is 7.05 Å². The van der Waals surface area contributed by atoms with E-state index in [1.54, 1.807) is 6.92 Å². The Balaban J connectivity index is 1.81. The van der Waals surface area contributed by atoms with E-state index >= 15 is 0 Å². The summed E-state index contributed by atoms with van der Waals surface area (Å²) in [4.78, 5) is 45.4. The summed E-state index contributed by atoms with van der Waals surface area (Å²) < 4.78 is 47.3. The third kappa shape index (κ3) is 5.33. The zero-order valence-corrected chi connectivity index (χ0v) is 24.4. The Bertz CT molecular complexity index is 1570. The molecule has 1 amide bonds. The van der Waals surface area contributed by atoms with Crippen LogP contribution in [0.3, 0.4) is 0 Å². The van der Waals surface area contributed by atoms with Gasteiger partial charge in [0.1, 0.15) is 5.02 Å². The molecule has 0 fully saturated rings. The molecule has 0 radical (unpaired) electrons. The number of ether oxygens (including phenoxy) is 1. The van der Waals surface area contributed by atoms with Gasteiger partial charge in [-0.3, -0.25) is 14.3 Å². The van der Waals surface area contributed by atoms with E-state index in [-0.39, 0.29) is 57.2 Å². The van der Waals surface area contributed by atoms with Crippen LogP contribution < -0.4 is 10.9 Å². The smallest absolute Gasteiger partial charge is 0.417 e. The molecule has 0 aliphatic carbocycles. The third-order valence-corrected chi connectivity index (χ3v) is 7.41. The van der Waals surface area contributed by atoms with Crippen LogP contribution >= 0.6 is 27.5 Å². The summed E-state index contributed by atoms with van der Waals surface area (Å²) in [6.07, 6.45) is -4.58. The molecule has 0 bridgehead atoms. The lowest BCUT2D eigenvalue weighted by Gasteiger charge is -2.34. The average molecular weight is 646 g/mol. The molecule has 1 atom stereocenters. The standard InChI is InChI=1S/C25H25BrClF3N6O4/c1-11(2)31-24-32-17-10-35(21(37)13-6-7-16(26)15(9-13)25(28,29)30)12(3)8-14(17)22(38)36(24)20-18(27)19(23(39)40-5)34(4)33-20/h6-7,9,11-12H,8,10H2,1-5H3,(H,31,32)/t12-/m1/s1. The lowest BCUT2D eigenvalue weighted by molar-refractivity contribution is -0.138. The lowest BCUT2D eigenvalue weighted by atomic mass is 9.98. The van der Waals surface area contributed by atoms with Crippen molar-refractivity contribution in [3.8, 4) is 5.82 Å². The fourth-order valence-electron chi connectivity index (χ4n) is 4.47. The molecule has 0 unspecified atom stereocenters. The van der Waals surface area contributed by atoms with Crippen molar-refractivity contribution >= 4 is 45.4 Å². The van der Waals surface area contributed by atoms with Gasteiger partial charge in [0, 0.05) is 34.7 Å². The van der Waals surface area contributed by atoms with Gasteiger partial charge < -0.3 is 15.0 Å². The summed E-state index contributed by atoms with van der Waals surface area (Å²) in [5.74, 6) is -1.34. The van der Waals surface area contributed by atoms with Gasteiger partial charge in [-0.1, -0.05) is 27.5 Å². The Labute approximate surface area is 240 Å². The van der Waals surface area contributed by atoms with E-state index in [1.165, 1.54) is 40.4 Å². The number of esters is 1. The summed E-state index contributed by atoms with van der Waals surface area (Å²) in [5.41, 5.74) is -1.10. The summed E-state index contributed by atoms with van der Waals surface area (Å²) in [7, 11) is 2.67. The molecule has 40 heavy (non-hydrogen) atoms. The van der Waals surface area contributed by atoms with Crippen molar-refractivity contribution in [3.63, 3.8) is 0 Å². The molecular formula is C25H25BrClF3N6O4. The zero-order chi connectivity index (χ0) is 29.7. The maximum atomic E-state index is 13.8. The fourth-order valence-corrected chi connectivity index (χ4v) is 5.26. The maximum Gasteiger partial charge on any atom is 0.417 e. The molecule has 0 spiro atoms. The number of methoxy groups -OCH3 is 1. The van der Waals surface area contributed by atoms with Crippen LogP contribution in [0.5, 0.6) is 0 Å². The highest BCUT2D eigenvalue weighted by molar-refractivity contribution is 9.10. The predicted molar refractivity (Wildman–Crippen MR) is 144 cm³/mol. The Hall–Kier alpha value is -3.39. The number of aromatic nitrogens is 4. The Morgan fingerprint density at radius 1 is 1.27 bits per heavy atom. The summed E-state index contributed by atoms with van der Waals surface area (Å²) in [5, 5.41) is 7.23. The first-order valence-corrected chi connectivity index (χ1v) is 13.2. The molecule has 1 aliphatic heterocycles. The second-order valence-electron chi connectivity index (χ2n) is 9.58. The third-order valence-electron chi connectivity index (χ3n) is 6.37. The van der Waals surface area contributed by atoms with E-state index in [0.717, 1.165) is 6.07 Å². The first-order valence-electron chi connectivity index (χ1n) is 12.1. The van der Waals surface area contributed by atoms with E-state index in [4.69, 9.17) is 16.3 Å². The van der Waals surface area contributed by atoms with Crippen molar-refractivity contribution in [1.29, 1.82) is 0 Å². The number of halogens is 5. The SMILES string of the molecule is COC(=O)c1c(Cl)c(-n2c(NC(C)C)nc3c(c2=O)C[C@@H](C)N(C(=O)c2ccc(Br)c(C(F)(F)F)c2)C3)nn1C. The Kier molecular flexibility index (Phi) is 8.05. The van der Waals surface area contributed by atoms with Crippen molar-refractivity contribution in [1.82, 2.24) is 24.2 Å². The number of benzene rings is 1. The van der Waals surface area contributed by atoms with E-state index in [9.17, 15) is 27.6 Å². The van der Waals surface area contributed by atoms with E-state index < -0.39 is 35.2 Å². The van der Waals surface area contributed by atoms with Crippen LogP contribution in [0.25, 0.3) is 5.82 Å². The van der Waals surface area contributed by atoms with Gasteiger partial charge in [0.25, 0.3) is 11.5 Å². The van der Waals surface area contributed by atoms with Crippen LogP contribution in [0.1, 0.15) is 58.4 Å². The lowest BCUT2D eigenvalue weighted by Crippen LogP contribution is -2.46. The molecule has 1 aliphatic rings. The second-order valence-corrected chi connectivity index (χ2v) is 10.8. The number of amides is 1. The predicted octanol–water partition coefficient (Wildman–Crippen LogP) is 4.59. The number of rotatable bonds is 5. The second kappa shape index (κ2) is 10.9. The van der Waals surface area contributed by atoms with Crippen molar-refractivity contribution in [2.75, 3.05) is 12.4 Å². The number of nitrogens with zero attached hydrogens (tertiary/aromatic N) is 5. The molecule has 2 aromatic heterocycles. The van der Waals surface area contributed by atoms with Crippen LogP contribution in [0.2, 0.25) is 5.02 Å².